The molecule has 1 amide bonds. The van der Waals surface area contributed by atoms with Crippen LogP contribution >= 0.6 is 0 Å². The van der Waals surface area contributed by atoms with Gasteiger partial charge in [0, 0.05) is 30.9 Å². The molecule has 0 aromatic heterocycles. The Bertz CT molecular complexity index is 1470. The molecule has 0 unspecified atom stereocenters. The Labute approximate surface area is 230 Å². The van der Waals surface area contributed by atoms with Gasteiger partial charge in [0.05, 0.1) is 18.1 Å². The van der Waals surface area contributed by atoms with E-state index in [0.717, 1.165) is 48.6 Å². The fourth-order valence-electron chi connectivity index (χ4n) is 5.76. The number of hydrogen-bond acceptors (Lipinski definition) is 4. The molecule has 4 aromatic carbocycles. The average Bonchev–Trinajstić information content (AvgIpc) is 2.97. The second-order valence-electron chi connectivity index (χ2n) is 10.8. The molecule has 5 nitrogen and oxygen atoms in total. The van der Waals surface area contributed by atoms with Gasteiger partial charge in [-0.2, -0.15) is 0 Å². The van der Waals surface area contributed by atoms with Gasteiger partial charge < -0.3 is 15.0 Å². The third-order valence-corrected chi connectivity index (χ3v) is 8.06. The van der Waals surface area contributed by atoms with Crippen LogP contribution in [-0.2, 0) is 16.0 Å². The lowest BCUT2D eigenvalue weighted by molar-refractivity contribution is -0.127. The number of rotatable bonds is 7. The number of hydrogen-bond donors (Lipinski definition) is 1. The van der Waals surface area contributed by atoms with Gasteiger partial charge in [-0.3, -0.25) is 4.79 Å². The van der Waals surface area contributed by atoms with E-state index >= 15 is 0 Å². The summed E-state index contributed by atoms with van der Waals surface area (Å²) in [7, 11) is 5.47. The van der Waals surface area contributed by atoms with Crippen molar-refractivity contribution in [1.82, 2.24) is 0 Å². The fraction of sp³-hybridized carbons (Fsp3) is 0.294. The highest BCUT2D eigenvalue weighted by atomic mass is 16.5. The summed E-state index contributed by atoms with van der Waals surface area (Å²) in [6.07, 6.45) is 5.76. The molecule has 0 aliphatic heterocycles. The van der Waals surface area contributed by atoms with Crippen molar-refractivity contribution in [3.63, 3.8) is 0 Å². The van der Waals surface area contributed by atoms with Crippen LogP contribution in [0.1, 0.15) is 48.0 Å². The van der Waals surface area contributed by atoms with Crippen LogP contribution in [0.5, 0.6) is 0 Å². The maximum absolute atomic E-state index is 13.9. The van der Waals surface area contributed by atoms with Gasteiger partial charge in [0.2, 0.25) is 5.91 Å². The van der Waals surface area contributed by atoms with E-state index in [-0.39, 0.29) is 11.9 Å². The normalized spacial score (nSPS) is 14.5. The van der Waals surface area contributed by atoms with Gasteiger partial charge in [-0.1, -0.05) is 73.9 Å². The molecule has 4 aromatic rings. The highest BCUT2D eigenvalue weighted by Crippen LogP contribution is 2.41. The smallest absolute Gasteiger partial charge is 0.337 e. The van der Waals surface area contributed by atoms with Crippen LogP contribution in [0.25, 0.3) is 21.9 Å². The molecule has 1 aliphatic rings. The zero-order valence-corrected chi connectivity index (χ0v) is 23.0. The van der Waals surface area contributed by atoms with Crippen molar-refractivity contribution in [3.8, 4) is 11.1 Å². The highest BCUT2D eigenvalue weighted by molar-refractivity contribution is 6.05. The van der Waals surface area contributed by atoms with Crippen LogP contribution in [0, 0.1) is 5.41 Å². The molecule has 200 valence electrons. The Hall–Kier alpha value is -4.12. The number of amides is 1. The summed E-state index contributed by atoms with van der Waals surface area (Å²) in [4.78, 5) is 28.0. The van der Waals surface area contributed by atoms with Crippen LogP contribution in [-0.4, -0.2) is 33.1 Å². The maximum Gasteiger partial charge on any atom is 0.337 e. The number of anilines is 2. The van der Waals surface area contributed by atoms with Crippen molar-refractivity contribution < 1.29 is 14.3 Å². The van der Waals surface area contributed by atoms with Crippen LogP contribution in [0.2, 0.25) is 0 Å². The number of benzene rings is 4. The maximum atomic E-state index is 13.9. The molecule has 0 radical (unpaired) electrons. The van der Waals surface area contributed by atoms with Crippen LogP contribution in [0.3, 0.4) is 0 Å². The lowest BCUT2D eigenvalue weighted by Crippen LogP contribution is -2.40. The van der Waals surface area contributed by atoms with Gasteiger partial charge >= 0.3 is 5.97 Å². The largest absolute Gasteiger partial charge is 0.465 e. The first-order valence-electron chi connectivity index (χ1n) is 13.7. The predicted molar refractivity (Wildman–Crippen MR) is 159 cm³/mol. The van der Waals surface area contributed by atoms with E-state index in [1.54, 1.807) is 6.07 Å². The van der Waals surface area contributed by atoms with E-state index < -0.39 is 5.41 Å². The van der Waals surface area contributed by atoms with Gasteiger partial charge in [-0.25, -0.2) is 4.79 Å². The SMILES string of the molecule is COC(=O)c1ccc2c(NC(=O)C3(Cc4ccc(-c5ccc(N(C)C)cc5)cc4)CCCCC3)cccc2c1. The van der Waals surface area contributed by atoms with Gasteiger partial charge in [-0.05, 0) is 71.7 Å². The summed E-state index contributed by atoms with van der Waals surface area (Å²) in [5.41, 5.74) is 5.54. The van der Waals surface area contributed by atoms with Crippen molar-refractivity contribution >= 4 is 34.0 Å². The quantitative estimate of drug-likeness (QED) is 0.257. The molecule has 0 spiro atoms. The molecule has 0 atom stereocenters. The van der Waals surface area contributed by atoms with Gasteiger partial charge in [-0.15, -0.1) is 0 Å². The fourth-order valence-corrected chi connectivity index (χ4v) is 5.76. The molecule has 5 rings (SSSR count). The lowest BCUT2D eigenvalue weighted by Gasteiger charge is -2.36. The van der Waals surface area contributed by atoms with Gasteiger partial charge in [0.25, 0.3) is 0 Å². The highest BCUT2D eigenvalue weighted by Gasteiger charge is 2.39. The lowest BCUT2D eigenvalue weighted by atomic mass is 9.69. The van der Waals surface area contributed by atoms with E-state index in [2.05, 4.69) is 58.7 Å². The standard InChI is InChI=1S/C34H36N2O3/c1-36(2)29-17-14-26(15-18-29)25-12-10-24(11-13-25)23-34(20-5-4-6-21-34)33(38)35-31-9-7-8-27-22-28(32(37)39-3)16-19-30(27)31/h7-19,22H,4-6,20-21,23H2,1-3H3,(H,35,38). The summed E-state index contributed by atoms with van der Waals surface area (Å²) in [6.45, 7) is 0. The molecule has 39 heavy (non-hydrogen) atoms. The Kier molecular flexibility index (Phi) is 7.69. The average molecular weight is 521 g/mol. The van der Waals surface area contributed by atoms with Crippen LogP contribution in [0.4, 0.5) is 11.4 Å². The van der Waals surface area contributed by atoms with E-state index in [1.165, 1.54) is 35.9 Å². The topological polar surface area (TPSA) is 58.6 Å². The van der Waals surface area contributed by atoms with Crippen molar-refractivity contribution in [2.45, 2.75) is 38.5 Å². The van der Waals surface area contributed by atoms with Crippen molar-refractivity contribution in [1.29, 1.82) is 0 Å². The van der Waals surface area contributed by atoms with Crippen LogP contribution < -0.4 is 10.2 Å². The molecule has 5 heteroatoms. The molecule has 0 saturated heterocycles. The van der Waals surface area contributed by atoms with Crippen molar-refractivity contribution in [2.24, 2.45) is 5.41 Å². The zero-order chi connectivity index (χ0) is 27.4. The van der Waals surface area contributed by atoms with Crippen LogP contribution in [0.15, 0.2) is 84.9 Å². The first kappa shape index (κ1) is 26.5. The second-order valence-corrected chi connectivity index (χ2v) is 10.8. The Morgan fingerprint density at radius 1 is 0.846 bits per heavy atom. The third kappa shape index (κ3) is 5.68. The number of methoxy groups -OCH3 is 1. The van der Waals surface area contributed by atoms with E-state index in [4.69, 9.17) is 4.74 Å². The van der Waals surface area contributed by atoms with E-state index in [0.29, 0.717) is 5.56 Å². The number of nitrogens with one attached hydrogen (secondary N) is 1. The minimum atomic E-state index is -0.443. The Morgan fingerprint density at radius 2 is 1.51 bits per heavy atom. The summed E-state index contributed by atoms with van der Waals surface area (Å²) >= 11 is 0. The second kappa shape index (κ2) is 11.3. The predicted octanol–water partition coefficient (Wildman–Crippen LogP) is 7.49. The molecule has 0 bridgehead atoms. The Balaban J connectivity index is 1.37. The molecule has 0 heterocycles. The molecule has 1 aliphatic carbocycles. The zero-order valence-electron chi connectivity index (χ0n) is 23.0. The monoisotopic (exact) mass is 520 g/mol. The third-order valence-electron chi connectivity index (χ3n) is 8.06. The number of fused-ring (bicyclic) bond motifs is 1. The molecule has 1 fully saturated rings. The molecule has 1 saturated carbocycles. The minimum Gasteiger partial charge on any atom is -0.465 e. The number of nitrogens with zero attached hydrogens (tertiary/aromatic N) is 1. The minimum absolute atomic E-state index is 0.0788. The first-order chi connectivity index (χ1) is 18.9. The van der Waals surface area contributed by atoms with Gasteiger partial charge in [0.15, 0.2) is 0 Å². The summed E-state index contributed by atoms with van der Waals surface area (Å²) in [5, 5.41) is 5.07. The van der Waals surface area contributed by atoms with E-state index in [9.17, 15) is 9.59 Å². The van der Waals surface area contributed by atoms with Crippen molar-refractivity contribution in [3.05, 3.63) is 96.1 Å². The summed E-state index contributed by atoms with van der Waals surface area (Å²) in [6, 6.07) is 28.5. The molecular weight excluding hydrogens is 484 g/mol. The first-order valence-corrected chi connectivity index (χ1v) is 13.7. The number of esters is 1. The summed E-state index contributed by atoms with van der Waals surface area (Å²) in [5.74, 6) is -0.292. The number of carbonyl (C=O) groups is 2. The summed E-state index contributed by atoms with van der Waals surface area (Å²) < 4.78 is 4.86. The van der Waals surface area contributed by atoms with Crippen molar-refractivity contribution in [2.75, 3.05) is 31.4 Å². The van der Waals surface area contributed by atoms with Gasteiger partial charge in [0.1, 0.15) is 0 Å². The molecule has 1 N–H and O–H groups in total. The number of carbonyl (C=O) groups excluding carboxylic acids is 2. The van der Waals surface area contributed by atoms with E-state index in [1.807, 2.05) is 44.4 Å². The molecular formula is C34H36N2O3. The number of ether oxygens (including phenoxy) is 1. The Morgan fingerprint density at radius 3 is 2.15 bits per heavy atom.